The number of likely N-dealkylation sites (N-methyl/N-ethyl adjacent to an activating group) is 1. The van der Waals surface area contributed by atoms with Gasteiger partial charge in [-0.25, -0.2) is 0 Å². The molecule has 5 nitrogen and oxygen atoms in total. The Morgan fingerprint density at radius 2 is 1.64 bits per heavy atom. The van der Waals surface area contributed by atoms with Crippen molar-refractivity contribution in [2.75, 3.05) is 46.4 Å². The van der Waals surface area contributed by atoms with Crippen molar-refractivity contribution in [3.05, 3.63) is 99.5 Å². The van der Waals surface area contributed by atoms with Gasteiger partial charge >= 0.3 is 0 Å². The summed E-state index contributed by atoms with van der Waals surface area (Å²) in [4.78, 5) is 15.0. The molecule has 3 saturated heterocycles. The van der Waals surface area contributed by atoms with E-state index in [1.807, 2.05) is 57.3 Å². The molecule has 0 N–H and O–H groups in total. The minimum absolute atomic E-state index is 0.0246. The molecule has 3 fully saturated rings. The molecular weight excluding hydrogens is 567 g/mol. The van der Waals surface area contributed by atoms with Crippen molar-refractivity contribution in [3.63, 3.8) is 0 Å². The van der Waals surface area contributed by atoms with E-state index in [0.29, 0.717) is 35.0 Å². The summed E-state index contributed by atoms with van der Waals surface area (Å²) in [5, 5.41) is 0.999. The monoisotopic (exact) mass is 609 g/mol. The second-order valence-corrected chi connectivity index (χ2v) is 13.2. The summed E-state index contributed by atoms with van der Waals surface area (Å²) in [6, 6.07) is 24.4. The number of hydrogen-bond donors (Lipinski definition) is 0. The average molecular weight is 611 g/mol. The van der Waals surface area contributed by atoms with Crippen molar-refractivity contribution < 1.29 is 18.8 Å². The van der Waals surface area contributed by atoms with Gasteiger partial charge in [0.1, 0.15) is 18.4 Å². The van der Waals surface area contributed by atoms with Crippen LogP contribution in [0.15, 0.2) is 72.8 Å². The van der Waals surface area contributed by atoms with Gasteiger partial charge in [-0.15, -0.1) is 0 Å². The molecule has 6 rings (SSSR count). The van der Waals surface area contributed by atoms with Gasteiger partial charge in [-0.1, -0.05) is 71.7 Å². The second kappa shape index (κ2) is 13.4. The highest BCUT2D eigenvalue weighted by Crippen LogP contribution is 2.46. The number of halogens is 2. The van der Waals surface area contributed by atoms with Gasteiger partial charge < -0.3 is 18.9 Å². The number of fused-ring (bicyclic) bond motifs is 3. The van der Waals surface area contributed by atoms with E-state index in [1.54, 1.807) is 11.0 Å². The van der Waals surface area contributed by atoms with Crippen LogP contribution >= 0.6 is 23.2 Å². The normalized spacial score (nSPS) is 22.2. The third-order valence-electron chi connectivity index (χ3n) is 9.27. The van der Waals surface area contributed by atoms with Crippen LogP contribution in [0.2, 0.25) is 10.0 Å². The van der Waals surface area contributed by atoms with Crippen LogP contribution in [0, 0.1) is 0 Å². The number of quaternary nitrogens is 1. The molecule has 0 radical (unpaired) electrons. The fraction of sp³-hybridized carbons (Fsp3) is 0.457. The van der Waals surface area contributed by atoms with Crippen LogP contribution in [0.25, 0.3) is 0 Å². The number of carbonyl (C=O) groups excluding carboxylic acids is 1. The van der Waals surface area contributed by atoms with Crippen LogP contribution in [-0.4, -0.2) is 67.8 Å². The lowest BCUT2D eigenvalue weighted by atomic mass is 9.66. The lowest BCUT2D eigenvalue weighted by Crippen LogP contribution is -2.63. The molecule has 7 heteroatoms. The third kappa shape index (κ3) is 7.31. The van der Waals surface area contributed by atoms with E-state index in [-0.39, 0.29) is 18.1 Å². The molecule has 3 aliphatic rings. The predicted octanol–water partition coefficient (Wildman–Crippen LogP) is 7.49. The van der Waals surface area contributed by atoms with Crippen LogP contribution in [-0.2, 0) is 21.4 Å². The van der Waals surface area contributed by atoms with Crippen molar-refractivity contribution in [3.8, 4) is 5.75 Å². The first-order valence-corrected chi connectivity index (χ1v) is 15.9. The molecule has 0 aromatic heterocycles. The van der Waals surface area contributed by atoms with Crippen LogP contribution < -0.4 is 4.74 Å². The van der Waals surface area contributed by atoms with E-state index in [0.717, 1.165) is 27.9 Å². The number of nitrogens with zero attached hydrogens (tertiary/aromatic N) is 2. The molecule has 1 atom stereocenters. The van der Waals surface area contributed by atoms with Gasteiger partial charge in [0, 0.05) is 31.7 Å². The molecule has 1 unspecified atom stereocenters. The lowest BCUT2D eigenvalue weighted by molar-refractivity contribution is -0.943. The Balaban J connectivity index is 1.21. The van der Waals surface area contributed by atoms with Gasteiger partial charge in [-0.3, -0.25) is 4.79 Å². The molecule has 2 bridgehead atoms. The molecule has 0 saturated carbocycles. The molecule has 3 aromatic carbocycles. The molecular formula is C35H43Cl2N2O3+. The standard InChI is InChI=1S/C35H43Cl2N2O3/c1-26(2)42-30-11-7-8-27(22-30)23-34(40)38(3)25-33(28-12-13-31(36)32(37)24-28)41-21-20-39-17-14-35(15-18-39,16-19-39)29-9-5-4-6-10-29/h4-13,22,24,26,33H,14-21,23,25H2,1-3H3/q+1. The number of hydrogen-bond acceptors (Lipinski definition) is 3. The van der Waals surface area contributed by atoms with Gasteiger partial charge in [0.15, 0.2) is 0 Å². The van der Waals surface area contributed by atoms with E-state index < -0.39 is 0 Å². The van der Waals surface area contributed by atoms with Crippen LogP contribution in [0.4, 0.5) is 0 Å². The first-order valence-electron chi connectivity index (χ1n) is 15.1. The number of piperidine rings is 3. The molecule has 0 aliphatic carbocycles. The number of ether oxygens (including phenoxy) is 2. The highest BCUT2D eigenvalue weighted by atomic mass is 35.5. The molecule has 224 valence electrons. The number of carbonyl (C=O) groups is 1. The maximum absolute atomic E-state index is 13.3. The predicted molar refractivity (Wildman–Crippen MR) is 170 cm³/mol. The summed E-state index contributed by atoms with van der Waals surface area (Å²) >= 11 is 12.6. The summed E-state index contributed by atoms with van der Waals surface area (Å²) in [5.41, 5.74) is 3.70. The first kappa shape index (κ1) is 30.9. The minimum Gasteiger partial charge on any atom is -0.491 e. The Hall–Kier alpha value is -2.57. The van der Waals surface area contributed by atoms with Gasteiger partial charge in [-0.2, -0.15) is 0 Å². The van der Waals surface area contributed by atoms with Gasteiger partial charge in [0.25, 0.3) is 0 Å². The fourth-order valence-electron chi connectivity index (χ4n) is 6.64. The molecule has 3 aliphatic heterocycles. The highest BCUT2D eigenvalue weighted by Gasteiger charge is 2.49. The Morgan fingerprint density at radius 1 is 0.929 bits per heavy atom. The Labute approximate surface area is 260 Å². The summed E-state index contributed by atoms with van der Waals surface area (Å²) in [7, 11) is 1.84. The molecule has 3 heterocycles. The smallest absolute Gasteiger partial charge is 0.226 e. The van der Waals surface area contributed by atoms with Gasteiger partial charge in [-0.05, 0) is 54.8 Å². The summed E-state index contributed by atoms with van der Waals surface area (Å²) < 4.78 is 13.5. The topological polar surface area (TPSA) is 38.8 Å². The average Bonchev–Trinajstić information content (AvgIpc) is 2.99. The van der Waals surface area contributed by atoms with Gasteiger partial charge in [0.2, 0.25) is 5.91 Å². The maximum Gasteiger partial charge on any atom is 0.226 e. The number of benzene rings is 3. The SMILES string of the molecule is CC(C)Oc1cccc(CC(=O)N(C)CC(OCC[N+]23CCC(c4ccccc4)(CC2)CC3)c2ccc(Cl)c(Cl)c2)c1. The van der Waals surface area contributed by atoms with Crippen molar-refractivity contribution >= 4 is 29.1 Å². The Morgan fingerprint density at radius 3 is 2.31 bits per heavy atom. The van der Waals surface area contributed by atoms with E-state index in [9.17, 15) is 4.79 Å². The van der Waals surface area contributed by atoms with E-state index in [2.05, 4.69) is 30.3 Å². The molecule has 1 amide bonds. The fourth-order valence-corrected chi connectivity index (χ4v) is 6.95. The number of rotatable bonds is 12. The van der Waals surface area contributed by atoms with E-state index >= 15 is 0 Å². The molecule has 0 spiro atoms. The quantitative estimate of drug-likeness (QED) is 0.200. The minimum atomic E-state index is -0.305. The largest absolute Gasteiger partial charge is 0.491 e. The first-order chi connectivity index (χ1) is 20.2. The van der Waals surface area contributed by atoms with Crippen LogP contribution in [0.5, 0.6) is 5.75 Å². The zero-order chi connectivity index (χ0) is 29.7. The molecule has 3 aromatic rings. The molecule has 42 heavy (non-hydrogen) atoms. The van der Waals surface area contributed by atoms with E-state index in [4.69, 9.17) is 32.7 Å². The number of amides is 1. The van der Waals surface area contributed by atoms with Crippen molar-refractivity contribution in [2.24, 2.45) is 0 Å². The Bertz CT molecular complexity index is 1340. The van der Waals surface area contributed by atoms with Crippen LogP contribution in [0.1, 0.15) is 55.9 Å². The maximum atomic E-state index is 13.3. The zero-order valence-corrected chi connectivity index (χ0v) is 26.5. The highest BCUT2D eigenvalue weighted by molar-refractivity contribution is 6.42. The second-order valence-electron chi connectivity index (χ2n) is 12.4. The summed E-state index contributed by atoms with van der Waals surface area (Å²) in [5.74, 6) is 0.801. The van der Waals surface area contributed by atoms with Crippen molar-refractivity contribution in [1.82, 2.24) is 4.90 Å². The zero-order valence-electron chi connectivity index (χ0n) is 25.0. The summed E-state index contributed by atoms with van der Waals surface area (Å²) in [6.07, 6.45) is 3.76. The third-order valence-corrected chi connectivity index (χ3v) is 10.0. The van der Waals surface area contributed by atoms with Crippen molar-refractivity contribution in [2.45, 2.75) is 57.2 Å². The van der Waals surface area contributed by atoms with E-state index in [1.165, 1.54) is 44.5 Å². The van der Waals surface area contributed by atoms with Crippen molar-refractivity contribution in [1.29, 1.82) is 0 Å². The van der Waals surface area contributed by atoms with Crippen LogP contribution in [0.3, 0.4) is 0 Å². The van der Waals surface area contributed by atoms with Gasteiger partial charge in [0.05, 0.1) is 55.4 Å². The lowest BCUT2D eigenvalue weighted by Gasteiger charge is -2.55. The Kier molecular flexibility index (Phi) is 9.84. The summed E-state index contributed by atoms with van der Waals surface area (Å²) in [6.45, 7) is 9.58.